The lowest BCUT2D eigenvalue weighted by Gasteiger charge is -2.25. The van der Waals surface area contributed by atoms with Gasteiger partial charge in [-0.05, 0) is 45.9 Å². The third kappa shape index (κ3) is 8.49. The zero-order chi connectivity index (χ0) is 35.6. The van der Waals surface area contributed by atoms with Gasteiger partial charge in [-0.2, -0.15) is 10.2 Å². The lowest BCUT2D eigenvalue weighted by molar-refractivity contribution is 0.579. The number of hydrogen-bond donors (Lipinski definition) is 0. The molecule has 4 rings (SSSR count). The molecule has 0 fully saturated rings. The molecule has 0 radical (unpaired) electrons. The topological polar surface area (TPSA) is 50.5 Å². The van der Waals surface area contributed by atoms with E-state index in [-0.39, 0.29) is 10.8 Å². The Balaban J connectivity index is 1.86. The molecule has 0 amide bonds. The first-order valence-corrected chi connectivity index (χ1v) is 18.0. The maximum Gasteiger partial charge on any atom is 0.0765 e. The Morgan fingerprint density at radius 1 is 0.479 bits per heavy atom. The minimum absolute atomic E-state index is 0.149. The van der Waals surface area contributed by atoms with Gasteiger partial charge in [-0.15, -0.1) is 0 Å². The molecular formula is C44H60N4. The molecular weight excluding hydrogens is 585 g/mol. The molecule has 4 aromatic rings. The second-order valence-electron chi connectivity index (χ2n) is 16.8. The van der Waals surface area contributed by atoms with Crippen molar-refractivity contribution in [1.29, 1.82) is 0 Å². The van der Waals surface area contributed by atoms with Gasteiger partial charge in [-0.25, -0.2) is 0 Å². The molecule has 0 aliphatic rings. The van der Waals surface area contributed by atoms with Crippen molar-refractivity contribution in [3.05, 3.63) is 94.3 Å². The van der Waals surface area contributed by atoms with Crippen molar-refractivity contribution in [2.45, 2.75) is 133 Å². The maximum absolute atomic E-state index is 5.50. The van der Waals surface area contributed by atoms with Crippen molar-refractivity contribution < 1.29 is 0 Å². The van der Waals surface area contributed by atoms with Gasteiger partial charge >= 0.3 is 0 Å². The molecule has 1 aromatic heterocycles. The molecule has 1 heterocycles. The second-order valence-corrected chi connectivity index (χ2v) is 16.8. The largest absolute Gasteiger partial charge is 0.256 e. The standard InChI is InChI=1S/C44H60N4/c1-27(2)31-21-17-22-32(28(3)4)41(31)45-39(43(9,10)11)25-37-35-19-15-16-20-36(35)38(48-47-37)26-40(44(12,13)14)46-42-33(29(5)6)23-18-24-34(42)30(7)8/h15-24,27-30H,25-26H2,1-14H3. The number of benzene rings is 3. The first-order valence-electron chi connectivity index (χ1n) is 18.0. The Labute approximate surface area is 291 Å². The number of para-hydroxylation sites is 2. The summed E-state index contributed by atoms with van der Waals surface area (Å²) in [4.78, 5) is 11.0. The van der Waals surface area contributed by atoms with E-state index < -0.39 is 0 Å². The number of fused-ring (bicyclic) bond motifs is 1. The molecule has 0 bridgehead atoms. The quantitative estimate of drug-likeness (QED) is 0.161. The average Bonchev–Trinajstić information content (AvgIpc) is 2.99. The normalized spacial score (nSPS) is 13.5. The van der Waals surface area contributed by atoms with E-state index >= 15 is 0 Å². The molecule has 256 valence electrons. The van der Waals surface area contributed by atoms with Gasteiger partial charge in [0.1, 0.15) is 0 Å². The summed E-state index contributed by atoms with van der Waals surface area (Å²) in [5, 5.41) is 12.2. The fourth-order valence-corrected chi connectivity index (χ4v) is 6.29. The summed E-state index contributed by atoms with van der Waals surface area (Å²) in [6, 6.07) is 21.9. The predicted octanol–water partition coefficient (Wildman–Crippen LogP) is 12.8. The van der Waals surface area contributed by atoms with Gasteiger partial charge < -0.3 is 0 Å². The first-order chi connectivity index (χ1) is 22.4. The van der Waals surface area contributed by atoms with Crippen LogP contribution in [-0.2, 0) is 12.8 Å². The van der Waals surface area contributed by atoms with Crippen LogP contribution in [0.2, 0.25) is 0 Å². The van der Waals surface area contributed by atoms with Crippen LogP contribution in [0.25, 0.3) is 10.8 Å². The van der Waals surface area contributed by atoms with Crippen molar-refractivity contribution in [2.75, 3.05) is 0 Å². The summed E-state index contributed by atoms with van der Waals surface area (Å²) in [6.07, 6.45) is 1.28. The van der Waals surface area contributed by atoms with Crippen molar-refractivity contribution in [3.8, 4) is 0 Å². The van der Waals surface area contributed by atoms with Gasteiger partial charge in [0.05, 0.1) is 22.8 Å². The predicted molar refractivity (Wildman–Crippen MR) is 209 cm³/mol. The van der Waals surface area contributed by atoms with Crippen molar-refractivity contribution >= 4 is 33.6 Å². The Morgan fingerprint density at radius 3 is 1.02 bits per heavy atom. The fraction of sp³-hybridized carbons (Fsp3) is 0.500. The minimum atomic E-state index is -0.149. The molecule has 0 unspecified atom stereocenters. The fourth-order valence-electron chi connectivity index (χ4n) is 6.29. The molecule has 0 N–H and O–H groups in total. The highest BCUT2D eigenvalue weighted by molar-refractivity contribution is 5.99. The van der Waals surface area contributed by atoms with E-state index in [2.05, 4.69) is 158 Å². The third-order valence-electron chi connectivity index (χ3n) is 9.42. The monoisotopic (exact) mass is 644 g/mol. The van der Waals surface area contributed by atoms with E-state index in [0.717, 1.165) is 45.0 Å². The summed E-state index contributed by atoms with van der Waals surface area (Å²) in [7, 11) is 0. The number of aromatic nitrogens is 2. The van der Waals surface area contributed by atoms with Gasteiger partial charge in [-0.1, -0.05) is 158 Å². The number of hydrogen-bond acceptors (Lipinski definition) is 4. The lowest BCUT2D eigenvalue weighted by Crippen LogP contribution is -2.25. The molecule has 4 heteroatoms. The molecule has 0 spiro atoms. The molecule has 4 nitrogen and oxygen atoms in total. The number of nitrogens with zero attached hydrogens (tertiary/aromatic N) is 4. The van der Waals surface area contributed by atoms with E-state index in [1.54, 1.807) is 0 Å². The van der Waals surface area contributed by atoms with E-state index in [9.17, 15) is 0 Å². The molecule has 0 aliphatic heterocycles. The molecule has 0 aliphatic carbocycles. The van der Waals surface area contributed by atoms with E-state index in [1.165, 1.54) is 22.3 Å². The Morgan fingerprint density at radius 2 is 0.771 bits per heavy atom. The van der Waals surface area contributed by atoms with Crippen LogP contribution in [0.1, 0.15) is 154 Å². The minimum Gasteiger partial charge on any atom is -0.256 e. The summed E-state index contributed by atoms with van der Waals surface area (Å²) in [6.45, 7) is 31.6. The van der Waals surface area contributed by atoms with Crippen LogP contribution in [0, 0.1) is 10.8 Å². The van der Waals surface area contributed by atoms with Gasteiger partial charge in [0.2, 0.25) is 0 Å². The summed E-state index contributed by atoms with van der Waals surface area (Å²) >= 11 is 0. The van der Waals surface area contributed by atoms with Gasteiger partial charge in [0.25, 0.3) is 0 Å². The third-order valence-corrected chi connectivity index (χ3v) is 9.42. The van der Waals surface area contributed by atoms with Crippen LogP contribution in [0.5, 0.6) is 0 Å². The van der Waals surface area contributed by atoms with E-state index in [1.807, 2.05) is 0 Å². The molecule has 3 aromatic carbocycles. The van der Waals surface area contributed by atoms with Gasteiger partial charge in [0.15, 0.2) is 0 Å². The molecule has 48 heavy (non-hydrogen) atoms. The lowest BCUT2D eigenvalue weighted by atomic mass is 9.84. The van der Waals surface area contributed by atoms with Crippen LogP contribution in [0.3, 0.4) is 0 Å². The average molecular weight is 645 g/mol. The summed E-state index contributed by atoms with van der Waals surface area (Å²) < 4.78 is 0. The Kier molecular flexibility index (Phi) is 11.5. The van der Waals surface area contributed by atoms with Gasteiger partial charge in [0, 0.05) is 45.9 Å². The summed E-state index contributed by atoms with van der Waals surface area (Å²) in [5.41, 5.74) is 11.3. The highest BCUT2D eigenvalue weighted by atomic mass is 15.1. The van der Waals surface area contributed by atoms with Crippen LogP contribution >= 0.6 is 0 Å². The first kappa shape index (κ1) is 37.2. The van der Waals surface area contributed by atoms with Crippen LogP contribution < -0.4 is 0 Å². The number of rotatable bonds is 10. The van der Waals surface area contributed by atoms with Crippen LogP contribution in [0.15, 0.2) is 70.6 Å². The smallest absolute Gasteiger partial charge is 0.0765 e. The Hall–Kier alpha value is -3.66. The SMILES string of the molecule is CC(C)c1cccc(C(C)C)c1N=C(Cc1nnc(CC(=Nc2c(C(C)C)cccc2C(C)C)C(C)(C)C)c2ccccc12)C(C)(C)C. The Bertz CT molecular complexity index is 1600. The second kappa shape index (κ2) is 14.8. The zero-order valence-corrected chi connectivity index (χ0v) is 32.3. The van der Waals surface area contributed by atoms with Crippen molar-refractivity contribution in [1.82, 2.24) is 10.2 Å². The maximum atomic E-state index is 5.50. The highest BCUT2D eigenvalue weighted by Gasteiger charge is 2.26. The molecule has 0 saturated heterocycles. The van der Waals surface area contributed by atoms with Gasteiger partial charge in [-0.3, -0.25) is 9.98 Å². The van der Waals surface area contributed by atoms with Crippen LogP contribution in [0.4, 0.5) is 11.4 Å². The highest BCUT2D eigenvalue weighted by Crippen LogP contribution is 2.39. The molecule has 0 saturated carbocycles. The van der Waals surface area contributed by atoms with E-state index in [0.29, 0.717) is 36.5 Å². The van der Waals surface area contributed by atoms with Crippen molar-refractivity contribution in [2.24, 2.45) is 20.8 Å². The number of aliphatic imine (C=N–C) groups is 2. The van der Waals surface area contributed by atoms with Crippen molar-refractivity contribution in [3.63, 3.8) is 0 Å². The van der Waals surface area contributed by atoms with Crippen LogP contribution in [-0.4, -0.2) is 21.6 Å². The zero-order valence-electron chi connectivity index (χ0n) is 32.3. The van der Waals surface area contributed by atoms with E-state index in [4.69, 9.17) is 20.2 Å². The summed E-state index contributed by atoms with van der Waals surface area (Å²) in [5.74, 6) is 1.52. The molecule has 0 atom stereocenters.